The average molecular weight is 441 g/mol. The van der Waals surface area contributed by atoms with Gasteiger partial charge in [-0.05, 0) is 24.3 Å². The number of nitrogens with zero attached hydrogens (tertiary/aromatic N) is 2. The van der Waals surface area contributed by atoms with Gasteiger partial charge in [0.1, 0.15) is 13.2 Å². The van der Waals surface area contributed by atoms with Crippen LogP contribution in [-0.4, -0.2) is 13.3 Å². The highest BCUT2D eigenvalue weighted by Gasteiger charge is 2.13. The number of hydrogen-bond donors (Lipinski definition) is 0. The van der Waals surface area contributed by atoms with Gasteiger partial charge in [0.15, 0.2) is 11.5 Å². The normalized spacial score (nSPS) is 10.6. The van der Waals surface area contributed by atoms with E-state index in [2.05, 4.69) is 11.2 Å². The van der Waals surface area contributed by atoms with Crippen LogP contribution in [0.15, 0.2) is 65.8 Å². The molecule has 0 bridgehead atoms. The van der Waals surface area contributed by atoms with E-state index in [0.29, 0.717) is 32.7 Å². The monoisotopic (exact) mass is 440 g/mol. The molecule has 3 rings (SSSR count). The molecule has 0 amide bonds. The van der Waals surface area contributed by atoms with Gasteiger partial charge in [-0.2, -0.15) is 5.26 Å². The third kappa shape index (κ3) is 5.44. The van der Waals surface area contributed by atoms with Gasteiger partial charge < -0.3 is 14.3 Å². The van der Waals surface area contributed by atoms with Crippen molar-refractivity contribution in [3.8, 4) is 17.6 Å². The molecule has 3 aromatic rings. The molecule has 0 aliphatic rings. The Hall–Kier alpha value is -3.20. The maximum Gasteiger partial charge on any atom is 0.180 e. The number of nitriles is 1. The van der Waals surface area contributed by atoms with E-state index in [4.69, 9.17) is 42.8 Å². The summed E-state index contributed by atoms with van der Waals surface area (Å²) >= 11 is 12.6. The quantitative estimate of drug-likeness (QED) is 0.318. The lowest BCUT2D eigenvalue weighted by atomic mass is 10.1. The van der Waals surface area contributed by atoms with E-state index < -0.39 is 0 Å². The molecule has 0 N–H and O–H groups in total. The lowest BCUT2D eigenvalue weighted by molar-refractivity contribution is 0.132. The molecule has 0 aromatic heterocycles. The van der Waals surface area contributed by atoms with Crippen molar-refractivity contribution in [3.63, 3.8) is 0 Å². The smallest absolute Gasteiger partial charge is 0.180 e. The number of ether oxygens (including phenoxy) is 2. The molecule has 0 spiro atoms. The van der Waals surface area contributed by atoms with Crippen molar-refractivity contribution >= 4 is 29.4 Å². The van der Waals surface area contributed by atoms with Crippen LogP contribution in [0.5, 0.6) is 11.5 Å². The Morgan fingerprint density at radius 2 is 1.70 bits per heavy atom. The molecule has 0 fully saturated rings. The van der Waals surface area contributed by atoms with Crippen LogP contribution in [0.4, 0.5) is 0 Å². The number of hydrogen-bond acceptors (Lipinski definition) is 5. The van der Waals surface area contributed by atoms with E-state index in [-0.39, 0.29) is 13.2 Å². The number of benzene rings is 3. The van der Waals surface area contributed by atoms with Crippen LogP contribution in [0.2, 0.25) is 10.0 Å². The first-order chi connectivity index (χ1) is 14.6. The molecule has 0 unspecified atom stereocenters. The second-order valence-corrected chi connectivity index (χ2v) is 7.01. The number of rotatable bonds is 8. The van der Waals surface area contributed by atoms with Crippen LogP contribution in [0, 0.1) is 11.3 Å². The first-order valence-electron chi connectivity index (χ1n) is 8.99. The minimum Gasteiger partial charge on any atom is -0.493 e. The lowest BCUT2D eigenvalue weighted by Gasteiger charge is -2.14. The predicted octanol–water partition coefficient (Wildman–Crippen LogP) is 6.00. The molecule has 0 saturated carbocycles. The van der Waals surface area contributed by atoms with Crippen molar-refractivity contribution in [1.82, 2.24) is 0 Å². The van der Waals surface area contributed by atoms with Crippen LogP contribution in [-0.2, 0) is 18.1 Å². The SMILES string of the molecule is COc1cc(/C=N\OCc2ccccc2C#N)cc(Cl)c1OCc1ccccc1Cl. The second-order valence-electron chi connectivity index (χ2n) is 6.19. The van der Waals surface area contributed by atoms with E-state index in [1.54, 1.807) is 30.3 Å². The lowest BCUT2D eigenvalue weighted by Crippen LogP contribution is -2.00. The zero-order valence-electron chi connectivity index (χ0n) is 16.1. The Kier molecular flexibility index (Phi) is 7.56. The number of halogens is 2. The highest BCUT2D eigenvalue weighted by Crippen LogP contribution is 2.37. The topological polar surface area (TPSA) is 63.8 Å². The van der Waals surface area contributed by atoms with Crippen molar-refractivity contribution < 1.29 is 14.3 Å². The largest absolute Gasteiger partial charge is 0.493 e. The average Bonchev–Trinajstić information content (AvgIpc) is 2.77. The van der Waals surface area contributed by atoms with E-state index >= 15 is 0 Å². The predicted molar refractivity (Wildman–Crippen MR) is 117 cm³/mol. The summed E-state index contributed by atoms with van der Waals surface area (Å²) in [5, 5.41) is 14.1. The Labute approximate surface area is 185 Å². The Balaban J connectivity index is 1.68. The Bertz CT molecular complexity index is 1090. The van der Waals surface area contributed by atoms with Gasteiger partial charge in [0.2, 0.25) is 0 Å². The molecular weight excluding hydrogens is 423 g/mol. The van der Waals surface area contributed by atoms with Gasteiger partial charge in [-0.15, -0.1) is 0 Å². The summed E-state index contributed by atoms with van der Waals surface area (Å²) in [6, 6.07) is 20.2. The summed E-state index contributed by atoms with van der Waals surface area (Å²) in [6.07, 6.45) is 1.52. The van der Waals surface area contributed by atoms with Crippen molar-refractivity contribution in [2.75, 3.05) is 7.11 Å². The highest BCUT2D eigenvalue weighted by atomic mass is 35.5. The molecule has 30 heavy (non-hydrogen) atoms. The highest BCUT2D eigenvalue weighted by molar-refractivity contribution is 6.32. The second kappa shape index (κ2) is 10.5. The summed E-state index contributed by atoms with van der Waals surface area (Å²) in [4.78, 5) is 5.32. The van der Waals surface area contributed by atoms with Crippen molar-refractivity contribution in [3.05, 3.63) is 93.0 Å². The molecule has 5 nitrogen and oxygen atoms in total. The van der Waals surface area contributed by atoms with Crippen LogP contribution < -0.4 is 9.47 Å². The fraction of sp³-hybridized carbons (Fsp3) is 0.130. The summed E-state index contributed by atoms with van der Waals surface area (Å²) < 4.78 is 11.3. The minimum absolute atomic E-state index is 0.185. The van der Waals surface area contributed by atoms with E-state index in [9.17, 15) is 0 Å². The maximum absolute atomic E-state index is 9.11. The first kappa shape index (κ1) is 21.5. The molecule has 7 heteroatoms. The Morgan fingerprint density at radius 3 is 2.43 bits per heavy atom. The summed E-state index contributed by atoms with van der Waals surface area (Å²) in [5.74, 6) is 0.880. The maximum atomic E-state index is 9.11. The zero-order chi connectivity index (χ0) is 21.3. The minimum atomic E-state index is 0.185. The number of oxime groups is 1. The molecule has 0 saturated heterocycles. The van der Waals surface area contributed by atoms with Crippen molar-refractivity contribution in [2.24, 2.45) is 5.16 Å². The van der Waals surface area contributed by atoms with E-state index in [0.717, 1.165) is 11.1 Å². The van der Waals surface area contributed by atoms with E-state index in [1.165, 1.54) is 13.3 Å². The van der Waals surface area contributed by atoms with Gasteiger partial charge in [-0.25, -0.2) is 0 Å². The standard InChI is InChI=1S/C23H18Cl2N2O3/c1-28-22-11-16(13-27-30-15-18-7-3-2-6-17(18)12-26)10-21(25)23(22)29-14-19-8-4-5-9-20(19)24/h2-11,13H,14-15H2,1H3/b27-13-. The molecule has 0 heterocycles. The van der Waals surface area contributed by atoms with E-state index in [1.807, 2.05) is 30.3 Å². The van der Waals surface area contributed by atoms with Crippen LogP contribution in [0.25, 0.3) is 0 Å². The molecule has 0 aliphatic carbocycles. The summed E-state index contributed by atoms with van der Waals surface area (Å²) in [6.45, 7) is 0.439. The van der Waals surface area contributed by atoms with Gasteiger partial charge in [-0.1, -0.05) is 64.8 Å². The zero-order valence-corrected chi connectivity index (χ0v) is 17.7. The Morgan fingerprint density at radius 1 is 0.967 bits per heavy atom. The van der Waals surface area contributed by atoms with Gasteiger partial charge in [0.25, 0.3) is 0 Å². The molecular formula is C23H18Cl2N2O3. The van der Waals surface area contributed by atoms with Gasteiger partial charge in [-0.3, -0.25) is 0 Å². The fourth-order valence-corrected chi connectivity index (χ4v) is 3.14. The molecule has 0 atom stereocenters. The van der Waals surface area contributed by atoms with Crippen LogP contribution in [0.1, 0.15) is 22.3 Å². The van der Waals surface area contributed by atoms with Crippen molar-refractivity contribution in [1.29, 1.82) is 5.26 Å². The van der Waals surface area contributed by atoms with Crippen LogP contribution >= 0.6 is 23.2 Å². The number of methoxy groups -OCH3 is 1. The van der Waals surface area contributed by atoms with Crippen LogP contribution in [0.3, 0.4) is 0 Å². The molecule has 0 radical (unpaired) electrons. The third-order valence-electron chi connectivity index (χ3n) is 4.22. The third-order valence-corrected chi connectivity index (χ3v) is 4.87. The summed E-state index contributed by atoms with van der Waals surface area (Å²) in [7, 11) is 1.53. The molecule has 3 aromatic carbocycles. The molecule has 152 valence electrons. The first-order valence-corrected chi connectivity index (χ1v) is 9.75. The molecule has 0 aliphatic heterocycles. The fourth-order valence-electron chi connectivity index (χ4n) is 2.68. The van der Waals surface area contributed by atoms with Gasteiger partial charge in [0.05, 0.1) is 30.0 Å². The summed E-state index contributed by atoms with van der Waals surface area (Å²) in [5.41, 5.74) is 2.83. The van der Waals surface area contributed by atoms with Gasteiger partial charge >= 0.3 is 0 Å². The van der Waals surface area contributed by atoms with Crippen molar-refractivity contribution in [2.45, 2.75) is 13.2 Å². The van der Waals surface area contributed by atoms with Gasteiger partial charge in [0, 0.05) is 21.7 Å².